The molecule has 0 atom stereocenters. The molecule has 1 N–H and O–H groups in total. The van der Waals surface area contributed by atoms with E-state index in [1.54, 1.807) is 12.4 Å². The third-order valence-electron chi connectivity index (χ3n) is 1.84. The van der Waals surface area contributed by atoms with Crippen LogP contribution in [0.25, 0.3) is 0 Å². The fourth-order valence-corrected chi connectivity index (χ4v) is 1.22. The molecule has 2 aromatic heterocycles. The Kier molecular flexibility index (Phi) is 2.72. The average molecular weight is 222 g/mol. The van der Waals surface area contributed by atoms with Gasteiger partial charge in [-0.3, -0.25) is 9.78 Å². The van der Waals surface area contributed by atoms with E-state index in [9.17, 15) is 0 Å². The molecule has 0 amide bonds. The van der Waals surface area contributed by atoms with Crippen LogP contribution in [0.15, 0.2) is 23.8 Å². The van der Waals surface area contributed by atoms with Gasteiger partial charge in [0.1, 0.15) is 6.33 Å². The van der Waals surface area contributed by atoms with E-state index in [-0.39, 0.29) is 0 Å². The number of aromatic nitrogens is 5. The number of aromatic amines is 1. The zero-order valence-corrected chi connectivity index (χ0v) is 8.98. The van der Waals surface area contributed by atoms with Crippen molar-refractivity contribution in [3.8, 4) is 0 Å². The molecule has 0 bridgehead atoms. The summed E-state index contributed by atoms with van der Waals surface area (Å²) >= 11 is 4.94. The van der Waals surface area contributed by atoms with Crippen molar-refractivity contribution in [3.63, 3.8) is 0 Å². The highest BCUT2D eigenvalue weighted by Gasteiger charge is 1.93. The number of aryl methyl sites for hydroxylation is 1. The van der Waals surface area contributed by atoms with Crippen molar-refractivity contribution >= 4 is 18.4 Å². The second kappa shape index (κ2) is 4.18. The third kappa shape index (κ3) is 2.18. The molecule has 0 saturated carbocycles. The topological polar surface area (TPSA) is 63.8 Å². The quantitative estimate of drug-likeness (QED) is 0.623. The van der Waals surface area contributed by atoms with Crippen LogP contribution in [0.3, 0.4) is 0 Å². The summed E-state index contributed by atoms with van der Waals surface area (Å²) < 4.78 is 3.78. The normalized spacial score (nSPS) is 11.3. The minimum absolute atomic E-state index is 0.467. The first-order valence-corrected chi connectivity index (χ1v) is 4.89. The molecule has 2 heterocycles. The van der Waals surface area contributed by atoms with E-state index in [0.717, 1.165) is 12.1 Å². The van der Waals surface area contributed by atoms with Crippen LogP contribution in [-0.2, 0) is 6.54 Å². The number of nitrogens with one attached hydrogen (secondary N) is 1. The van der Waals surface area contributed by atoms with Gasteiger partial charge in [0, 0.05) is 18.3 Å². The Morgan fingerprint density at radius 1 is 1.67 bits per heavy atom. The van der Waals surface area contributed by atoms with Gasteiger partial charge in [-0.15, -0.1) is 0 Å². The number of rotatable bonds is 3. The summed E-state index contributed by atoms with van der Waals surface area (Å²) in [7, 11) is 0. The van der Waals surface area contributed by atoms with Crippen LogP contribution in [0.1, 0.15) is 12.5 Å². The minimum Gasteiger partial charge on any atom is -0.272 e. The van der Waals surface area contributed by atoms with Crippen LogP contribution in [0.2, 0.25) is 0 Å². The maximum Gasteiger partial charge on any atom is 0.216 e. The predicted octanol–water partition coefficient (Wildman–Crippen LogP) is 1.04. The van der Waals surface area contributed by atoms with Gasteiger partial charge >= 0.3 is 0 Å². The van der Waals surface area contributed by atoms with E-state index in [2.05, 4.69) is 20.4 Å². The summed E-state index contributed by atoms with van der Waals surface area (Å²) in [5.41, 5.74) is 0.931. The number of nitrogens with zero attached hydrogens (tertiary/aromatic N) is 5. The van der Waals surface area contributed by atoms with E-state index in [1.165, 1.54) is 11.0 Å². The van der Waals surface area contributed by atoms with Gasteiger partial charge in [0.25, 0.3) is 0 Å². The lowest BCUT2D eigenvalue weighted by molar-refractivity contribution is 0.660. The van der Waals surface area contributed by atoms with E-state index >= 15 is 0 Å². The lowest BCUT2D eigenvalue weighted by Crippen LogP contribution is -1.92. The molecule has 0 aliphatic carbocycles. The second-order valence-electron chi connectivity index (χ2n) is 2.88. The van der Waals surface area contributed by atoms with Gasteiger partial charge < -0.3 is 0 Å². The van der Waals surface area contributed by atoms with Gasteiger partial charge in [-0.1, -0.05) is 0 Å². The van der Waals surface area contributed by atoms with Crippen molar-refractivity contribution in [2.24, 2.45) is 5.10 Å². The Balaban J connectivity index is 2.18. The smallest absolute Gasteiger partial charge is 0.216 e. The van der Waals surface area contributed by atoms with E-state index in [4.69, 9.17) is 12.2 Å². The van der Waals surface area contributed by atoms with Crippen molar-refractivity contribution in [3.05, 3.63) is 29.1 Å². The molecular weight excluding hydrogens is 212 g/mol. The van der Waals surface area contributed by atoms with Crippen molar-refractivity contribution in [1.82, 2.24) is 24.7 Å². The van der Waals surface area contributed by atoms with Crippen molar-refractivity contribution in [2.75, 3.05) is 0 Å². The molecule has 0 aliphatic heterocycles. The molecule has 2 aromatic rings. The standard InChI is InChI=1S/C8H10N6S/c1-2-13-5-7(3-10-13)4-11-14-6-9-12-8(14)15/h3-6H,2H2,1H3,(H,12,15)/b11-4+. The van der Waals surface area contributed by atoms with Crippen LogP contribution in [-0.4, -0.2) is 30.9 Å². The number of hydrogen-bond donors (Lipinski definition) is 1. The summed E-state index contributed by atoms with van der Waals surface area (Å²) in [6, 6.07) is 0. The van der Waals surface area contributed by atoms with Gasteiger partial charge in [0.05, 0.1) is 12.4 Å². The number of H-pyrrole nitrogens is 1. The highest BCUT2D eigenvalue weighted by molar-refractivity contribution is 7.71. The zero-order chi connectivity index (χ0) is 10.7. The van der Waals surface area contributed by atoms with Gasteiger partial charge in [-0.25, -0.2) is 0 Å². The zero-order valence-electron chi connectivity index (χ0n) is 8.16. The lowest BCUT2D eigenvalue weighted by atomic mass is 10.4. The molecule has 15 heavy (non-hydrogen) atoms. The molecule has 2 rings (SSSR count). The first-order chi connectivity index (χ1) is 7.29. The SMILES string of the molecule is CCn1cc(/C=N/n2cn[nH]c2=S)cn1. The molecular formula is C8H10N6S. The van der Waals surface area contributed by atoms with E-state index < -0.39 is 0 Å². The Morgan fingerprint density at radius 2 is 2.53 bits per heavy atom. The highest BCUT2D eigenvalue weighted by Crippen LogP contribution is 1.94. The molecule has 0 fully saturated rings. The van der Waals surface area contributed by atoms with Gasteiger partial charge in [0.15, 0.2) is 0 Å². The maximum atomic E-state index is 4.94. The molecule has 0 saturated heterocycles. The number of hydrogen-bond acceptors (Lipinski definition) is 4. The summed E-state index contributed by atoms with van der Waals surface area (Å²) in [5, 5.41) is 14.6. The predicted molar refractivity (Wildman–Crippen MR) is 58.3 cm³/mol. The van der Waals surface area contributed by atoms with Gasteiger partial charge in [-0.2, -0.15) is 20.0 Å². The van der Waals surface area contributed by atoms with Crippen LogP contribution in [0.5, 0.6) is 0 Å². The Morgan fingerprint density at radius 3 is 3.13 bits per heavy atom. The summed E-state index contributed by atoms with van der Waals surface area (Å²) in [5.74, 6) is 0. The Labute approximate surface area is 91.2 Å². The van der Waals surface area contributed by atoms with Crippen LogP contribution in [0, 0.1) is 4.77 Å². The largest absolute Gasteiger partial charge is 0.272 e. The molecule has 78 valence electrons. The van der Waals surface area contributed by atoms with Gasteiger partial charge in [0.2, 0.25) is 4.77 Å². The summed E-state index contributed by atoms with van der Waals surface area (Å²) in [6.45, 7) is 2.87. The Bertz CT molecular complexity index is 519. The van der Waals surface area contributed by atoms with E-state index in [1.807, 2.05) is 17.8 Å². The molecule has 0 aromatic carbocycles. The van der Waals surface area contributed by atoms with E-state index in [0.29, 0.717) is 4.77 Å². The van der Waals surface area contributed by atoms with Gasteiger partial charge in [-0.05, 0) is 19.1 Å². The van der Waals surface area contributed by atoms with Crippen molar-refractivity contribution < 1.29 is 0 Å². The van der Waals surface area contributed by atoms with Crippen molar-refractivity contribution in [2.45, 2.75) is 13.5 Å². The van der Waals surface area contributed by atoms with Crippen molar-refractivity contribution in [1.29, 1.82) is 0 Å². The summed E-state index contributed by atoms with van der Waals surface area (Å²) in [6.07, 6.45) is 6.86. The first-order valence-electron chi connectivity index (χ1n) is 4.48. The van der Waals surface area contributed by atoms with Crippen LogP contribution in [0.4, 0.5) is 0 Å². The third-order valence-corrected chi connectivity index (χ3v) is 2.12. The molecule has 0 radical (unpaired) electrons. The molecule has 0 spiro atoms. The Hall–Kier alpha value is -1.76. The second-order valence-corrected chi connectivity index (χ2v) is 3.27. The van der Waals surface area contributed by atoms with Crippen LogP contribution < -0.4 is 0 Å². The fraction of sp³-hybridized carbons (Fsp3) is 0.250. The molecule has 7 heteroatoms. The fourth-order valence-electron chi connectivity index (χ4n) is 1.07. The maximum absolute atomic E-state index is 4.94. The summed E-state index contributed by atoms with van der Waals surface area (Å²) in [4.78, 5) is 0. The average Bonchev–Trinajstić information content (AvgIpc) is 2.84. The molecule has 6 nitrogen and oxygen atoms in total. The highest BCUT2D eigenvalue weighted by atomic mass is 32.1. The lowest BCUT2D eigenvalue weighted by Gasteiger charge is -1.89. The minimum atomic E-state index is 0.467. The molecule has 0 unspecified atom stereocenters. The van der Waals surface area contributed by atoms with Crippen LogP contribution >= 0.6 is 12.2 Å². The molecule has 0 aliphatic rings. The monoisotopic (exact) mass is 222 g/mol. The first kappa shape index (κ1) is 9.78.